The SMILES string of the molecule is Brc1c2ccccc2c(C#Cc2ccccc2)c2ccccc12. The first-order valence-electron chi connectivity index (χ1n) is 7.50. The van der Waals surface area contributed by atoms with Gasteiger partial charge in [0.05, 0.1) is 0 Å². The van der Waals surface area contributed by atoms with E-state index in [4.69, 9.17) is 0 Å². The van der Waals surface area contributed by atoms with Crippen LogP contribution in [-0.4, -0.2) is 0 Å². The van der Waals surface area contributed by atoms with Crippen LogP contribution < -0.4 is 0 Å². The molecule has 1 heteroatoms. The van der Waals surface area contributed by atoms with E-state index in [1.54, 1.807) is 0 Å². The van der Waals surface area contributed by atoms with Crippen molar-refractivity contribution in [3.8, 4) is 11.8 Å². The fourth-order valence-corrected chi connectivity index (χ4v) is 3.56. The molecule has 0 bridgehead atoms. The van der Waals surface area contributed by atoms with Gasteiger partial charge in [0.15, 0.2) is 0 Å². The van der Waals surface area contributed by atoms with Crippen LogP contribution in [0.2, 0.25) is 0 Å². The molecule has 4 aromatic carbocycles. The smallest absolute Gasteiger partial charge is 0.0406 e. The molecule has 0 amide bonds. The molecular formula is C22H13Br. The Morgan fingerprint density at radius 2 is 1.00 bits per heavy atom. The molecule has 0 aliphatic carbocycles. The first kappa shape index (κ1) is 14.1. The van der Waals surface area contributed by atoms with Gasteiger partial charge in [0.25, 0.3) is 0 Å². The molecule has 0 aliphatic heterocycles. The summed E-state index contributed by atoms with van der Waals surface area (Å²) in [6.07, 6.45) is 0. The Kier molecular flexibility index (Phi) is 3.61. The summed E-state index contributed by atoms with van der Waals surface area (Å²) in [5.74, 6) is 6.70. The van der Waals surface area contributed by atoms with Gasteiger partial charge in [-0.05, 0) is 49.6 Å². The van der Waals surface area contributed by atoms with Crippen molar-refractivity contribution < 1.29 is 0 Å². The quantitative estimate of drug-likeness (QED) is 0.261. The number of fused-ring (bicyclic) bond motifs is 2. The van der Waals surface area contributed by atoms with E-state index in [0.717, 1.165) is 15.6 Å². The summed E-state index contributed by atoms with van der Waals surface area (Å²) in [5, 5.41) is 4.76. The second-order valence-electron chi connectivity index (χ2n) is 5.40. The van der Waals surface area contributed by atoms with Crippen molar-refractivity contribution in [1.29, 1.82) is 0 Å². The van der Waals surface area contributed by atoms with Gasteiger partial charge in [0, 0.05) is 15.6 Å². The Morgan fingerprint density at radius 1 is 0.522 bits per heavy atom. The largest absolute Gasteiger partial charge is 0.0622 e. The van der Waals surface area contributed by atoms with Gasteiger partial charge in [-0.25, -0.2) is 0 Å². The summed E-state index contributed by atoms with van der Waals surface area (Å²) in [5.41, 5.74) is 2.12. The average Bonchev–Trinajstić information content (AvgIpc) is 2.63. The highest BCUT2D eigenvalue weighted by atomic mass is 79.9. The molecule has 4 rings (SSSR count). The zero-order valence-corrected chi connectivity index (χ0v) is 14.0. The maximum atomic E-state index is 3.76. The van der Waals surface area contributed by atoms with Gasteiger partial charge in [-0.1, -0.05) is 78.6 Å². The molecule has 0 saturated heterocycles. The molecular weight excluding hydrogens is 344 g/mol. The van der Waals surface area contributed by atoms with E-state index < -0.39 is 0 Å². The van der Waals surface area contributed by atoms with Crippen molar-refractivity contribution in [1.82, 2.24) is 0 Å². The van der Waals surface area contributed by atoms with E-state index in [1.807, 2.05) is 30.3 Å². The number of rotatable bonds is 0. The average molecular weight is 357 g/mol. The fraction of sp³-hybridized carbons (Fsp3) is 0. The minimum absolute atomic E-state index is 1.03. The van der Waals surface area contributed by atoms with Crippen molar-refractivity contribution in [2.45, 2.75) is 0 Å². The Morgan fingerprint density at radius 3 is 1.57 bits per heavy atom. The van der Waals surface area contributed by atoms with E-state index in [-0.39, 0.29) is 0 Å². The van der Waals surface area contributed by atoms with Crippen LogP contribution in [0.25, 0.3) is 21.5 Å². The van der Waals surface area contributed by atoms with Crippen LogP contribution in [0, 0.1) is 11.8 Å². The highest BCUT2D eigenvalue weighted by Crippen LogP contribution is 2.35. The topological polar surface area (TPSA) is 0 Å². The van der Waals surface area contributed by atoms with Crippen molar-refractivity contribution in [3.63, 3.8) is 0 Å². The second kappa shape index (κ2) is 5.91. The molecule has 0 N–H and O–H groups in total. The lowest BCUT2D eigenvalue weighted by molar-refractivity contribution is 1.64. The van der Waals surface area contributed by atoms with Gasteiger partial charge in [-0.2, -0.15) is 0 Å². The number of halogens is 1. The van der Waals surface area contributed by atoms with Gasteiger partial charge >= 0.3 is 0 Å². The first-order chi connectivity index (χ1) is 11.3. The van der Waals surface area contributed by atoms with Crippen LogP contribution in [0.5, 0.6) is 0 Å². The standard InChI is InChI=1S/C22H13Br/c23-22-20-12-6-4-10-17(20)19(18-11-5-7-13-21(18)22)15-14-16-8-2-1-3-9-16/h1-13H. The molecule has 0 spiro atoms. The van der Waals surface area contributed by atoms with Gasteiger partial charge < -0.3 is 0 Å². The summed E-state index contributed by atoms with van der Waals surface area (Å²) in [4.78, 5) is 0. The fourth-order valence-electron chi connectivity index (χ4n) is 2.87. The molecule has 23 heavy (non-hydrogen) atoms. The molecule has 0 heterocycles. The predicted molar refractivity (Wildman–Crippen MR) is 102 cm³/mol. The lowest BCUT2D eigenvalue weighted by atomic mass is 9.97. The van der Waals surface area contributed by atoms with Crippen LogP contribution in [0.15, 0.2) is 83.3 Å². The van der Waals surface area contributed by atoms with Crippen molar-refractivity contribution >= 4 is 37.5 Å². The van der Waals surface area contributed by atoms with E-state index in [0.29, 0.717) is 0 Å². The zero-order valence-electron chi connectivity index (χ0n) is 12.4. The van der Waals surface area contributed by atoms with Gasteiger partial charge in [0.2, 0.25) is 0 Å². The normalized spacial score (nSPS) is 10.5. The third-order valence-electron chi connectivity index (χ3n) is 3.97. The van der Waals surface area contributed by atoms with Gasteiger partial charge in [-0.15, -0.1) is 0 Å². The number of hydrogen-bond donors (Lipinski definition) is 0. The Labute approximate surface area is 143 Å². The molecule has 0 aromatic heterocycles. The van der Waals surface area contributed by atoms with Crippen LogP contribution in [0.3, 0.4) is 0 Å². The molecule has 0 fully saturated rings. The molecule has 0 radical (unpaired) electrons. The summed E-state index contributed by atoms with van der Waals surface area (Å²) in [7, 11) is 0. The minimum Gasteiger partial charge on any atom is -0.0622 e. The Bertz CT molecular complexity index is 1010. The van der Waals surface area contributed by atoms with Gasteiger partial charge in [0.1, 0.15) is 0 Å². The van der Waals surface area contributed by atoms with Crippen LogP contribution in [0.4, 0.5) is 0 Å². The van der Waals surface area contributed by atoms with E-state index in [2.05, 4.69) is 76.3 Å². The maximum Gasteiger partial charge on any atom is 0.0406 e. The summed E-state index contributed by atoms with van der Waals surface area (Å²) in [6, 6.07) is 26.9. The van der Waals surface area contributed by atoms with E-state index >= 15 is 0 Å². The van der Waals surface area contributed by atoms with E-state index in [9.17, 15) is 0 Å². The Balaban J connectivity index is 2.08. The highest BCUT2D eigenvalue weighted by molar-refractivity contribution is 9.10. The van der Waals surface area contributed by atoms with Crippen LogP contribution in [0.1, 0.15) is 11.1 Å². The molecule has 0 unspecified atom stereocenters. The minimum atomic E-state index is 1.03. The van der Waals surface area contributed by atoms with Gasteiger partial charge in [-0.3, -0.25) is 0 Å². The third kappa shape index (κ3) is 2.52. The molecule has 0 nitrogen and oxygen atoms in total. The summed E-state index contributed by atoms with van der Waals surface area (Å²) < 4.78 is 1.13. The van der Waals surface area contributed by atoms with Crippen molar-refractivity contribution in [2.24, 2.45) is 0 Å². The first-order valence-corrected chi connectivity index (χ1v) is 8.30. The molecule has 0 saturated carbocycles. The predicted octanol–water partition coefficient (Wildman–Crippen LogP) is 6.16. The molecule has 4 aromatic rings. The highest BCUT2D eigenvalue weighted by Gasteiger charge is 2.10. The number of hydrogen-bond acceptors (Lipinski definition) is 0. The molecule has 108 valence electrons. The van der Waals surface area contributed by atoms with E-state index in [1.165, 1.54) is 21.5 Å². The second-order valence-corrected chi connectivity index (χ2v) is 6.19. The van der Waals surface area contributed by atoms with Crippen LogP contribution in [-0.2, 0) is 0 Å². The third-order valence-corrected chi connectivity index (χ3v) is 4.83. The van der Waals surface area contributed by atoms with Crippen molar-refractivity contribution in [2.75, 3.05) is 0 Å². The number of benzene rings is 4. The maximum absolute atomic E-state index is 3.76. The lowest BCUT2D eigenvalue weighted by Gasteiger charge is -2.09. The summed E-state index contributed by atoms with van der Waals surface area (Å²) in [6.45, 7) is 0. The van der Waals surface area contributed by atoms with Crippen molar-refractivity contribution in [3.05, 3.63) is 94.5 Å². The van der Waals surface area contributed by atoms with Crippen LogP contribution >= 0.6 is 15.9 Å². The monoisotopic (exact) mass is 356 g/mol. The molecule has 0 atom stereocenters. The Hall–Kier alpha value is -2.56. The lowest BCUT2D eigenvalue weighted by Crippen LogP contribution is -1.87. The summed E-state index contributed by atoms with van der Waals surface area (Å²) >= 11 is 3.76. The molecule has 0 aliphatic rings. The zero-order chi connectivity index (χ0) is 15.6.